The molecule has 5 aromatic heterocycles. The maximum Gasteiger partial charge on any atom is 0.340 e. The standard InChI is InChI=1S/C27H28FNO3.C26H26FNO4.C18H16FNO2.C17H14FNO2.C10H8FNO2.C9H15NO2.C8H9Br.C5H10O.ClH/c1-17-3-5-18(6-4-17)16-29-10-9-21-23(28)8-7-22(25(21)29)24(30)11-19-12-27(13-19)14-20(15-27)26(31)32-2;1-32-25(31)18-13-26(14-18)11-17(12-26)10-23(30)21-6-7-22(27)20-8-9-28(24(20)21)15-16-2-4-19(29)5-3-16;1-12-3-5-13(6-4-12)11-20-10-9-14-16(19)8-7-15(17(14)20)18(21)22-2;1-11-2-4-12(5-3-11)10-19-9-8-13-15(18)7-6-14(16(13)19)17(20)21;1-14-10(13)7-2-3-8(11)6-4-5-12-9(6)7;1-12-8(11)6-2-9(3-6)4-7(10)5-9;1-7-2-4-8(6-9)5-3-7;6-5-3-1-2-4-5;/h3-10,19-20H,11-16H2,1-2H3;2-9,17-18,29H,10-15H2,1H3;3-10H,11H2,1-2H3;2-9H,10H2,1H3,(H,20,21);2-5,12H,1H3;6-7H,2-5,10H2,1H3;2-5H,6H2,1H3;5-6H,1-4H2;1H. The van der Waals surface area contributed by atoms with Gasteiger partial charge in [-0.15, -0.1) is 12.4 Å². The van der Waals surface area contributed by atoms with Crippen molar-refractivity contribution in [3.8, 4) is 5.75 Å². The van der Waals surface area contributed by atoms with Crippen molar-refractivity contribution in [2.24, 2.45) is 51.6 Å². The topological polar surface area (TPSA) is 305 Å². The number of fused-ring (bicyclic) bond motifs is 5. The number of nitrogens with zero attached hydrogens (tertiary/aromatic N) is 4. The molecular formula is C120H127BrClF5N6O16. The molecule has 22 nitrogen and oxygen atoms in total. The number of phenols is 1. The number of Topliss-reactive ketones (excluding diaryl/α,β-unsaturated/α-hetero) is 2. The molecule has 3 spiro atoms. The number of carbonyl (C=O) groups excluding carboxylic acids is 7. The Labute approximate surface area is 877 Å². The van der Waals surface area contributed by atoms with Crippen LogP contribution in [0.25, 0.3) is 54.5 Å². The van der Waals surface area contributed by atoms with Crippen LogP contribution in [0.1, 0.15) is 217 Å². The molecule has 5 heterocycles. The van der Waals surface area contributed by atoms with Crippen LogP contribution in [0.5, 0.6) is 5.75 Å². The predicted octanol–water partition coefficient (Wildman–Crippen LogP) is 25.5. The lowest BCUT2D eigenvalue weighted by molar-refractivity contribution is -0.162. The maximum absolute atomic E-state index is 14.5. The van der Waals surface area contributed by atoms with Crippen LogP contribution in [-0.4, -0.2) is 134 Å². The number of aryl methyl sites for hydroxylation is 4. The number of aliphatic hydroxyl groups excluding tert-OH is 1. The van der Waals surface area contributed by atoms with E-state index in [0.717, 1.165) is 123 Å². The summed E-state index contributed by atoms with van der Waals surface area (Å²) in [6.45, 7) is 10.3. The fourth-order valence-electron chi connectivity index (χ4n) is 22.4. The number of methoxy groups -OCH3 is 5. The van der Waals surface area contributed by atoms with Crippen molar-refractivity contribution in [3.05, 3.63) is 350 Å². The Hall–Kier alpha value is -13.8. The summed E-state index contributed by atoms with van der Waals surface area (Å²) >= 11 is 3.38. The van der Waals surface area contributed by atoms with Crippen LogP contribution in [0, 0.1) is 103 Å². The number of ketones is 2. The number of phenolic OH excluding ortho intramolecular Hbond substituents is 1. The van der Waals surface area contributed by atoms with Gasteiger partial charge >= 0.3 is 35.8 Å². The van der Waals surface area contributed by atoms with Crippen LogP contribution in [-0.2, 0) is 69.6 Å². The van der Waals surface area contributed by atoms with Gasteiger partial charge in [-0.3, -0.25) is 24.0 Å². The van der Waals surface area contributed by atoms with E-state index in [-0.39, 0.29) is 111 Å². The Bertz CT molecular complexity index is 7080. The number of carbonyl (C=O) groups is 8. The lowest BCUT2D eigenvalue weighted by atomic mass is 9.47. The molecule has 7 saturated carbocycles. The zero-order valence-electron chi connectivity index (χ0n) is 85.1. The molecule has 15 aromatic rings. The molecule has 149 heavy (non-hydrogen) atoms. The predicted molar refractivity (Wildman–Crippen MR) is 571 cm³/mol. The van der Waals surface area contributed by atoms with Crippen LogP contribution >= 0.6 is 28.3 Å². The highest BCUT2D eigenvalue weighted by molar-refractivity contribution is 9.08. The first-order valence-electron chi connectivity index (χ1n) is 50.1. The number of esters is 5. The molecule has 29 heteroatoms. The molecule has 0 amide bonds. The number of aromatic hydroxyl groups is 1. The number of H-pyrrole nitrogens is 1. The van der Waals surface area contributed by atoms with E-state index in [1.807, 2.05) is 101 Å². The number of rotatable bonds is 21. The number of benzene rings is 10. The Morgan fingerprint density at radius 1 is 0.369 bits per heavy atom. The highest BCUT2D eigenvalue weighted by Gasteiger charge is 2.57. The van der Waals surface area contributed by atoms with E-state index in [1.54, 1.807) is 84.0 Å². The first kappa shape index (κ1) is 111. The molecule has 22 rings (SSSR count). The number of ether oxygens (including phenoxy) is 5. The van der Waals surface area contributed by atoms with Crippen molar-refractivity contribution in [2.75, 3.05) is 35.5 Å². The summed E-state index contributed by atoms with van der Waals surface area (Å²) in [5, 5.41) is 30.6. The van der Waals surface area contributed by atoms with Crippen molar-refractivity contribution >= 4 is 130 Å². The van der Waals surface area contributed by atoms with E-state index in [4.69, 9.17) is 25.1 Å². The van der Waals surface area contributed by atoms with Gasteiger partial charge in [-0.2, -0.15) is 0 Å². The minimum Gasteiger partial charge on any atom is -0.508 e. The molecule has 782 valence electrons. The van der Waals surface area contributed by atoms with E-state index in [1.165, 1.54) is 119 Å². The average molecular weight is 2120 g/mol. The minimum absolute atomic E-state index is 0. The third-order valence-electron chi connectivity index (χ3n) is 30.0. The Morgan fingerprint density at radius 3 is 0.966 bits per heavy atom. The van der Waals surface area contributed by atoms with Gasteiger partial charge in [0.05, 0.1) is 104 Å². The van der Waals surface area contributed by atoms with Crippen molar-refractivity contribution in [1.82, 2.24) is 23.3 Å². The largest absolute Gasteiger partial charge is 0.508 e. The lowest BCUT2D eigenvalue weighted by Gasteiger charge is -2.57. The summed E-state index contributed by atoms with van der Waals surface area (Å²) in [4.78, 5) is 98.2. The SMILES string of the molecule is COC(=O)C1CC2(CC(CC(=O)c3ccc(F)c4ccn(Cc5ccc(C)cc5)c34)C2)C1.COC(=O)C1CC2(CC(CC(=O)c3ccc(F)c4ccn(Cc5ccc(O)cc5)c34)C2)C1.COC(=O)C1CC2(CC(N)C2)C1.COC(=O)c1ccc(F)c2cc[nH]c12.COC(=O)c1ccc(F)c2ccn(Cc3ccc(C)cc3)c12.Cc1ccc(CBr)cc1.Cc1ccc(Cn2ccc3c(F)ccc(C(=O)O)c32)cc1.Cl.OC1CCCC1. The molecule has 7 aliphatic carbocycles. The van der Waals surface area contributed by atoms with Gasteiger partial charge in [0.2, 0.25) is 0 Å². The maximum atomic E-state index is 14.5. The number of halogens is 7. The molecule has 7 aliphatic rings. The number of aromatic nitrogens is 5. The highest BCUT2D eigenvalue weighted by atomic mass is 79.9. The fourth-order valence-corrected chi connectivity index (χ4v) is 22.8. The molecule has 0 aliphatic heterocycles. The van der Waals surface area contributed by atoms with Crippen molar-refractivity contribution in [2.45, 2.75) is 187 Å². The Morgan fingerprint density at radius 2 is 0.658 bits per heavy atom. The molecule has 0 radical (unpaired) electrons. The average Bonchev–Trinajstić information content (AvgIpc) is 1.50. The first-order chi connectivity index (χ1) is 71.0. The molecule has 0 atom stereocenters. The number of hydrogen-bond acceptors (Lipinski definition) is 16. The number of aromatic amines is 1. The third-order valence-corrected chi connectivity index (χ3v) is 30.7. The molecule has 6 N–H and O–H groups in total. The Balaban J connectivity index is 0.000000140. The number of alkyl halides is 1. The summed E-state index contributed by atoms with van der Waals surface area (Å²) in [7, 11) is 6.94. The summed E-state index contributed by atoms with van der Waals surface area (Å²) in [5.74, 6) is -2.87. The molecule has 0 bridgehead atoms. The third kappa shape index (κ3) is 26.4. The number of hydrogen-bond donors (Lipinski definition) is 5. The molecule has 7 fully saturated rings. The minimum atomic E-state index is -1.05. The number of aliphatic hydroxyl groups is 1. The zero-order valence-corrected chi connectivity index (χ0v) is 87.5. The van der Waals surface area contributed by atoms with Crippen molar-refractivity contribution in [1.29, 1.82) is 0 Å². The Kier molecular flexibility index (Phi) is 36.5. The zero-order chi connectivity index (χ0) is 106. The van der Waals surface area contributed by atoms with Crippen LogP contribution < -0.4 is 5.73 Å². The van der Waals surface area contributed by atoms with Gasteiger partial charge in [-0.25, -0.2) is 36.3 Å². The first-order valence-corrected chi connectivity index (χ1v) is 51.2. The monoisotopic (exact) mass is 2120 g/mol. The second-order valence-electron chi connectivity index (χ2n) is 40.9. The lowest BCUT2D eigenvalue weighted by Crippen LogP contribution is -2.54. The van der Waals surface area contributed by atoms with Gasteiger partial charge in [0.15, 0.2) is 11.6 Å². The number of nitrogens with one attached hydrogen (secondary N) is 1. The van der Waals surface area contributed by atoms with Gasteiger partial charge < -0.3 is 68.0 Å². The molecule has 0 unspecified atom stereocenters. The van der Waals surface area contributed by atoms with Crippen LogP contribution in [0.2, 0.25) is 0 Å². The second-order valence-corrected chi connectivity index (χ2v) is 41.5. The summed E-state index contributed by atoms with van der Waals surface area (Å²) in [6.07, 6.45) is 25.9. The van der Waals surface area contributed by atoms with Crippen LogP contribution in [0.3, 0.4) is 0 Å². The van der Waals surface area contributed by atoms with Gasteiger partial charge in [-0.1, -0.05) is 160 Å². The van der Waals surface area contributed by atoms with Gasteiger partial charge in [-0.05, 0) is 277 Å². The molecule has 10 aromatic carbocycles. The summed E-state index contributed by atoms with van der Waals surface area (Å²) in [5.41, 5.74) is 21.7. The number of nitrogens with two attached hydrogens (primary N) is 1. The highest BCUT2D eigenvalue weighted by Crippen LogP contribution is 2.64. The van der Waals surface area contributed by atoms with E-state index in [2.05, 4.69) is 85.8 Å². The van der Waals surface area contributed by atoms with E-state index in [9.17, 15) is 70.5 Å². The number of carboxylic acids is 1. The fraction of sp³-hybridized carbons (Fsp3) is 0.350. The van der Waals surface area contributed by atoms with Crippen molar-refractivity contribution in [3.63, 3.8) is 0 Å². The smallest absolute Gasteiger partial charge is 0.340 e. The van der Waals surface area contributed by atoms with E-state index in [0.29, 0.717) is 139 Å². The molecule has 0 saturated heterocycles. The normalized spacial score (nSPS) is 19.7. The van der Waals surface area contributed by atoms with Gasteiger partial charge in [0.25, 0.3) is 0 Å². The number of aromatic carboxylic acids is 1. The van der Waals surface area contributed by atoms with E-state index >= 15 is 0 Å². The summed E-state index contributed by atoms with van der Waals surface area (Å²) < 4.78 is 101. The second kappa shape index (κ2) is 49.1. The van der Waals surface area contributed by atoms with Gasteiger partial charge in [0, 0.05) is 119 Å². The van der Waals surface area contributed by atoms with E-state index < -0.39 is 23.7 Å². The summed E-state index contributed by atoms with van der Waals surface area (Å²) in [6, 6.07) is 62.4. The molecular weight excluding hydrogens is 1990 g/mol. The van der Waals surface area contributed by atoms with Gasteiger partial charge in [0.1, 0.15) is 34.8 Å². The quantitative estimate of drug-likeness (QED) is 0.0147. The van der Waals surface area contributed by atoms with Crippen molar-refractivity contribution < 1.29 is 99.3 Å². The number of carboxylic acid groups (broad SMARTS) is 1. The van der Waals surface area contributed by atoms with Crippen LogP contribution in [0.4, 0.5) is 22.0 Å². The van der Waals surface area contributed by atoms with Crippen LogP contribution in [0.15, 0.2) is 243 Å².